The number of hydrogen-bond acceptors (Lipinski definition) is 5. The van der Waals surface area contributed by atoms with Gasteiger partial charge in [0, 0.05) is 23.9 Å². The third-order valence-electron chi connectivity index (χ3n) is 3.92. The highest BCUT2D eigenvalue weighted by molar-refractivity contribution is 7.91. The third kappa shape index (κ3) is 3.86. The summed E-state index contributed by atoms with van der Waals surface area (Å²) in [6, 6.07) is 7.64. The van der Waals surface area contributed by atoms with E-state index in [9.17, 15) is 13.2 Å². The van der Waals surface area contributed by atoms with Gasteiger partial charge < -0.3 is 5.32 Å². The van der Waals surface area contributed by atoms with Crippen molar-refractivity contribution in [3.05, 3.63) is 47.2 Å². The van der Waals surface area contributed by atoms with Crippen molar-refractivity contribution in [1.82, 2.24) is 14.8 Å². The smallest absolute Gasteiger partial charge is 0.225 e. The molecule has 2 heterocycles. The lowest BCUT2D eigenvalue weighted by Crippen LogP contribution is -2.17. The van der Waals surface area contributed by atoms with E-state index in [4.69, 9.17) is 11.6 Å². The first-order valence-electron chi connectivity index (χ1n) is 7.84. The number of aromatic nitrogens is 3. The molecule has 1 amide bonds. The van der Waals surface area contributed by atoms with Gasteiger partial charge in [0.15, 0.2) is 15.5 Å². The Labute approximate surface area is 155 Å². The van der Waals surface area contributed by atoms with Crippen LogP contribution >= 0.6 is 11.6 Å². The fourth-order valence-corrected chi connectivity index (χ4v) is 3.95. The molecule has 0 aliphatic rings. The number of rotatable bonds is 5. The van der Waals surface area contributed by atoms with E-state index in [0.29, 0.717) is 16.4 Å². The molecule has 0 spiro atoms. The van der Waals surface area contributed by atoms with Crippen LogP contribution in [0.15, 0.2) is 41.4 Å². The summed E-state index contributed by atoms with van der Waals surface area (Å²) in [7, 11) is -1.76. The highest BCUT2D eigenvalue weighted by Gasteiger charge is 2.17. The van der Waals surface area contributed by atoms with Gasteiger partial charge in [-0.1, -0.05) is 11.6 Å². The average molecular weight is 393 g/mol. The number of nitrogens with zero attached hydrogens (tertiary/aromatic N) is 3. The predicted molar refractivity (Wildman–Crippen MR) is 100.0 cm³/mol. The van der Waals surface area contributed by atoms with Crippen LogP contribution in [0.5, 0.6) is 0 Å². The lowest BCUT2D eigenvalue weighted by molar-refractivity contribution is -0.115. The zero-order chi connectivity index (χ0) is 18.9. The fourth-order valence-electron chi connectivity index (χ4n) is 2.59. The second-order valence-corrected chi connectivity index (χ2v) is 8.42. The minimum atomic E-state index is -3.55. The Hall–Kier alpha value is -2.45. The van der Waals surface area contributed by atoms with Gasteiger partial charge in [0.2, 0.25) is 5.91 Å². The Morgan fingerprint density at radius 3 is 2.65 bits per heavy atom. The van der Waals surface area contributed by atoms with Crippen molar-refractivity contribution in [2.75, 3.05) is 11.1 Å². The van der Waals surface area contributed by atoms with Crippen LogP contribution < -0.4 is 5.32 Å². The number of carbonyl (C=O) groups excluding carboxylic acids is 1. The van der Waals surface area contributed by atoms with Crippen LogP contribution in [0.4, 0.5) is 5.69 Å². The van der Waals surface area contributed by atoms with Crippen LogP contribution in [-0.4, -0.2) is 34.8 Å². The Bertz CT molecular complexity index is 1080. The summed E-state index contributed by atoms with van der Waals surface area (Å²) in [6.07, 6.45) is 1.37. The van der Waals surface area contributed by atoms with E-state index in [1.165, 1.54) is 30.5 Å². The first kappa shape index (κ1) is 18.3. The van der Waals surface area contributed by atoms with Gasteiger partial charge in [-0.15, -0.1) is 0 Å². The number of halogens is 1. The number of nitrogens with one attached hydrogen (secondary N) is 1. The molecule has 26 heavy (non-hydrogen) atoms. The van der Waals surface area contributed by atoms with Crippen LogP contribution in [0.1, 0.15) is 12.1 Å². The van der Waals surface area contributed by atoms with Gasteiger partial charge in [-0.25, -0.2) is 13.4 Å². The lowest BCUT2D eigenvalue weighted by Gasteiger charge is -2.07. The highest BCUT2D eigenvalue weighted by Crippen LogP contribution is 2.20. The second-order valence-electron chi connectivity index (χ2n) is 5.88. The summed E-state index contributed by atoms with van der Waals surface area (Å²) >= 11 is 5.76. The molecule has 7 nitrogen and oxygen atoms in total. The maximum absolute atomic E-state index is 12.3. The van der Waals surface area contributed by atoms with Crippen molar-refractivity contribution in [2.45, 2.75) is 18.2 Å². The van der Waals surface area contributed by atoms with E-state index in [2.05, 4.69) is 15.4 Å². The van der Waals surface area contributed by atoms with Crippen molar-refractivity contribution in [3.8, 4) is 0 Å². The molecule has 0 saturated carbocycles. The fraction of sp³-hybridized carbons (Fsp3) is 0.235. The van der Waals surface area contributed by atoms with E-state index in [-0.39, 0.29) is 17.1 Å². The maximum atomic E-state index is 12.3. The number of hydrogen-bond donors (Lipinski definition) is 1. The second kappa shape index (κ2) is 7.05. The quantitative estimate of drug-likeness (QED) is 0.720. The van der Waals surface area contributed by atoms with E-state index in [1.807, 2.05) is 6.92 Å². The molecular formula is C17H17ClN4O3S. The number of sulfone groups is 1. The maximum Gasteiger partial charge on any atom is 0.225 e. The van der Waals surface area contributed by atoms with Crippen LogP contribution in [0.2, 0.25) is 5.02 Å². The van der Waals surface area contributed by atoms with E-state index < -0.39 is 15.7 Å². The molecule has 0 fully saturated rings. The molecule has 0 saturated heterocycles. The summed E-state index contributed by atoms with van der Waals surface area (Å²) in [5, 5.41) is 8.24. The van der Waals surface area contributed by atoms with E-state index in [1.54, 1.807) is 17.8 Å². The van der Waals surface area contributed by atoms with Crippen LogP contribution in [-0.2, 0) is 21.7 Å². The lowest BCUT2D eigenvalue weighted by atomic mass is 10.2. The zero-order valence-electron chi connectivity index (χ0n) is 14.2. The van der Waals surface area contributed by atoms with Gasteiger partial charge in [-0.05, 0) is 37.3 Å². The molecule has 0 radical (unpaired) electrons. The van der Waals surface area contributed by atoms with Gasteiger partial charge in [0.05, 0.1) is 28.2 Å². The molecule has 0 unspecified atom stereocenters. The average Bonchev–Trinajstić information content (AvgIpc) is 2.87. The monoisotopic (exact) mass is 392 g/mol. The SMILES string of the molecule is Cc1nn(C)c2ncc(NC(=O)CCS(=O)(=O)c3ccc(Cl)cc3)cc12. The van der Waals surface area contributed by atoms with E-state index in [0.717, 1.165) is 11.1 Å². The van der Waals surface area contributed by atoms with Crippen LogP contribution in [0.25, 0.3) is 11.0 Å². The molecule has 1 aromatic carbocycles. The number of pyridine rings is 1. The van der Waals surface area contributed by atoms with Gasteiger partial charge in [0.25, 0.3) is 0 Å². The number of anilines is 1. The molecule has 0 aliphatic carbocycles. The molecule has 136 valence electrons. The van der Waals surface area contributed by atoms with Gasteiger partial charge >= 0.3 is 0 Å². The Morgan fingerprint density at radius 1 is 1.27 bits per heavy atom. The number of carbonyl (C=O) groups is 1. The molecule has 9 heteroatoms. The topological polar surface area (TPSA) is 93.9 Å². The molecular weight excluding hydrogens is 376 g/mol. The first-order valence-corrected chi connectivity index (χ1v) is 9.87. The largest absolute Gasteiger partial charge is 0.325 e. The normalized spacial score (nSPS) is 11.7. The molecule has 2 aromatic heterocycles. The van der Waals surface area contributed by atoms with Crippen molar-refractivity contribution in [1.29, 1.82) is 0 Å². The summed E-state index contributed by atoms with van der Waals surface area (Å²) in [6.45, 7) is 1.86. The van der Waals surface area contributed by atoms with Gasteiger partial charge in [-0.3, -0.25) is 9.48 Å². The highest BCUT2D eigenvalue weighted by atomic mass is 35.5. The predicted octanol–water partition coefficient (Wildman–Crippen LogP) is 2.73. The Balaban J connectivity index is 1.67. The third-order valence-corrected chi connectivity index (χ3v) is 5.90. The Kier molecular flexibility index (Phi) is 4.97. The number of benzene rings is 1. The molecule has 3 aromatic rings. The minimum Gasteiger partial charge on any atom is -0.325 e. The van der Waals surface area contributed by atoms with Crippen molar-refractivity contribution >= 4 is 44.1 Å². The summed E-state index contributed by atoms with van der Waals surface area (Å²) in [4.78, 5) is 16.5. The molecule has 0 atom stereocenters. The molecule has 0 aliphatic heterocycles. The van der Waals surface area contributed by atoms with Crippen molar-refractivity contribution < 1.29 is 13.2 Å². The number of aryl methyl sites for hydroxylation is 2. The van der Waals surface area contributed by atoms with Crippen molar-refractivity contribution in [2.24, 2.45) is 7.05 Å². The van der Waals surface area contributed by atoms with E-state index >= 15 is 0 Å². The van der Waals surface area contributed by atoms with Gasteiger partial charge in [0.1, 0.15) is 0 Å². The van der Waals surface area contributed by atoms with Crippen LogP contribution in [0, 0.1) is 6.92 Å². The number of amides is 1. The minimum absolute atomic E-state index is 0.142. The summed E-state index contributed by atoms with van der Waals surface area (Å²) < 4.78 is 26.2. The first-order chi connectivity index (χ1) is 12.3. The molecule has 3 rings (SSSR count). The molecule has 0 bridgehead atoms. The summed E-state index contributed by atoms with van der Waals surface area (Å²) in [5.41, 5.74) is 2.02. The standard InChI is InChI=1S/C17H17ClN4O3S/c1-11-15-9-13(10-19-17(15)22(2)21-11)20-16(23)7-8-26(24,25)14-5-3-12(18)4-6-14/h3-6,9-10H,7-8H2,1-2H3,(H,20,23). The Morgan fingerprint density at radius 2 is 1.96 bits per heavy atom. The number of fused-ring (bicyclic) bond motifs is 1. The summed E-state index contributed by atoms with van der Waals surface area (Å²) in [5.74, 6) is -0.688. The van der Waals surface area contributed by atoms with Gasteiger partial charge in [-0.2, -0.15) is 5.10 Å². The van der Waals surface area contributed by atoms with Crippen LogP contribution in [0.3, 0.4) is 0 Å². The van der Waals surface area contributed by atoms with Crippen molar-refractivity contribution in [3.63, 3.8) is 0 Å². The molecule has 1 N–H and O–H groups in total. The zero-order valence-corrected chi connectivity index (χ0v) is 15.8.